The van der Waals surface area contributed by atoms with E-state index in [2.05, 4.69) is 16.0 Å². The van der Waals surface area contributed by atoms with Crippen molar-refractivity contribution in [3.8, 4) is 6.07 Å². The number of para-hydroxylation sites is 1. The van der Waals surface area contributed by atoms with Crippen LogP contribution in [0.4, 0.5) is 0 Å². The predicted octanol–water partition coefficient (Wildman–Crippen LogP) is 4.41. The van der Waals surface area contributed by atoms with Gasteiger partial charge in [0.1, 0.15) is 5.69 Å². The molecule has 30 heavy (non-hydrogen) atoms. The number of carbonyl (C=O) groups excluding carboxylic acids is 1. The molecule has 5 heteroatoms. The monoisotopic (exact) mass is 400 g/mol. The van der Waals surface area contributed by atoms with Crippen LogP contribution in [-0.2, 0) is 6.54 Å². The maximum atomic E-state index is 13.1. The van der Waals surface area contributed by atoms with E-state index in [1.807, 2.05) is 66.4 Å². The van der Waals surface area contributed by atoms with Gasteiger partial charge in [0.2, 0.25) is 0 Å². The maximum absolute atomic E-state index is 13.1. The van der Waals surface area contributed by atoms with Gasteiger partial charge in [-0.05, 0) is 56.0 Å². The van der Waals surface area contributed by atoms with Gasteiger partial charge in [0.25, 0.3) is 5.91 Å². The summed E-state index contributed by atoms with van der Waals surface area (Å²) in [6.07, 6.45) is 2.25. The number of piperidine rings is 1. The molecule has 1 aliphatic heterocycles. The van der Waals surface area contributed by atoms with Crippen LogP contribution in [0, 0.1) is 17.2 Å². The molecule has 1 N–H and O–H groups in total. The fourth-order valence-corrected chi connectivity index (χ4v) is 4.48. The molecule has 1 fully saturated rings. The summed E-state index contributed by atoms with van der Waals surface area (Å²) < 4.78 is 0. The average Bonchev–Trinajstić information content (AvgIpc) is 3.22. The molecule has 1 aromatic heterocycles. The largest absolute Gasteiger partial charge is 0.351 e. The number of likely N-dealkylation sites (tertiary alicyclic amines) is 1. The van der Waals surface area contributed by atoms with Crippen LogP contribution in [0.3, 0.4) is 0 Å². The summed E-state index contributed by atoms with van der Waals surface area (Å²) in [6.45, 7) is 6.30. The average molecular weight is 401 g/mol. The zero-order chi connectivity index (χ0) is 20.9. The van der Waals surface area contributed by atoms with E-state index in [0.717, 1.165) is 61.1 Å². The summed E-state index contributed by atoms with van der Waals surface area (Å²) in [5, 5.41) is 10.4. The Kier molecular flexibility index (Phi) is 6.15. The van der Waals surface area contributed by atoms with Gasteiger partial charge in [-0.1, -0.05) is 36.4 Å². The Morgan fingerprint density at radius 2 is 2.03 bits per heavy atom. The van der Waals surface area contributed by atoms with Crippen LogP contribution in [-0.4, -0.2) is 46.9 Å². The molecule has 1 amide bonds. The summed E-state index contributed by atoms with van der Waals surface area (Å²) in [7, 11) is 0. The van der Waals surface area contributed by atoms with E-state index in [1.54, 1.807) is 0 Å². The molecule has 0 bridgehead atoms. The van der Waals surface area contributed by atoms with Gasteiger partial charge in [0.15, 0.2) is 0 Å². The van der Waals surface area contributed by atoms with E-state index in [9.17, 15) is 10.1 Å². The molecule has 0 aliphatic carbocycles. The van der Waals surface area contributed by atoms with Crippen molar-refractivity contribution in [1.29, 1.82) is 5.26 Å². The fraction of sp³-hybridized carbons (Fsp3) is 0.360. The molecule has 1 unspecified atom stereocenters. The highest BCUT2D eigenvalue weighted by Crippen LogP contribution is 2.22. The molecular formula is C25H28N4O. The number of nitrogens with one attached hydrogen (secondary N) is 1. The van der Waals surface area contributed by atoms with Gasteiger partial charge in [-0.3, -0.25) is 9.69 Å². The normalized spacial score (nSPS) is 17.0. The number of fused-ring (bicyclic) bond motifs is 1. The highest BCUT2D eigenvalue weighted by Gasteiger charge is 2.25. The first-order valence-electron chi connectivity index (χ1n) is 10.7. The molecule has 0 radical (unpaired) electrons. The summed E-state index contributed by atoms with van der Waals surface area (Å²) in [4.78, 5) is 20.8. The molecule has 4 rings (SSSR count). The van der Waals surface area contributed by atoms with Crippen LogP contribution >= 0.6 is 0 Å². The highest BCUT2D eigenvalue weighted by molar-refractivity contribution is 5.98. The van der Waals surface area contributed by atoms with E-state index in [0.29, 0.717) is 18.2 Å². The molecule has 2 aromatic carbocycles. The zero-order valence-electron chi connectivity index (χ0n) is 17.5. The van der Waals surface area contributed by atoms with Crippen molar-refractivity contribution in [3.63, 3.8) is 0 Å². The standard InChI is InChI=1S/C25H28N4O/c1-2-29(25(30)24-14-20-9-5-6-12-23(20)27-24)17-19-8-7-13-28(16-19)18-22-11-4-3-10-21(22)15-26/h3-6,9-12,14,19,27H,2,7-8,13,16-18H2,1H3. The summed E-state index contributed by atoms with van der Waals surface area (Å²) in [6, 6.07) is 20.1. The van der Waals surface area contributed by atoms with Crippen molar-refractivity contribution in [2.75, 3.05) is 26.2 Å². The maximum Gasteiger partial charge on any atom is 0.270 e. The molecule has 2 heterocycles. The third-order valence-corrected chi connectivity index (χ3v) is 6.04. The fourth-order valence-electron chi connectivity index (χ4n) is 4.48. The Bertz CT molecular complexity index is 1030. The first-order valence-corrected chi connectivity index (χ1v) is 10.7. The lowest BCUT2D eigenvalue weighted by Gasteiger charge is -2.35. The third-order valence-electron chi connectivity index (χ3n) is 6.04. The molecular weight excluding hydrogens is 372 g/mol. The number of hydrogen-bond acceptors (Lipinski definition) is 3. The van der Waals surface area contributed by atoms with E-state index in [1.165, 1.54) is 0 Å². The first-order chi connectivity index (χ1) is 14.7. The van der Waals surface area contributed by atoms with Gasteiger partial charge in [-0.15, -0.1) is 0 Å². The second-order valence-corrected chi connectivity index (χ2v) is 8.13. The number of nitriles is 1. The SMILES string of the molecule is CCN(CC1CCCN(Cc2ccccc2C#N)C1)C(=O)c1cc2ccccc2[nH]1. The lowest BCUT2D eigenvalue weighted by molar-refractivity contribution is 0.0680. The first kappa shape index (κ1) is 20.2. The van der Waals surface area contributed by atoms with Gasteiger partial charge in [-0.2, -0.15) is 5.26 Å². The molecule has 3 aromatic rings. The number of rotatable bonds is 6. The van der Waals surface area contributed by atoms with Crippen molar-refractivity contribution in [2.45, 2.75) is 26.3 Å². The number of nitrogens with zero attached hydrogens (tertiary/aromatic N) is 3. The highest BCUT2D eigenvalue weighted by atomic mass is 16.2. The Hall–Kier alpha value is -3.10. The Morgan fingerprint density at radius 3 is 2.83 bits per heavy atom. The van der Waals surface area contributed by atoms with Crippen LogP contribution in [0.25, 0.3) is 10.9 Å². The number of benzene rings is 2. The minimum atomic E-state index is 0.0700. The second kappa shape index (κ2) is 9.15. The van der Waals surface area contributed by atoms with Crippen molar-refractivity contribution < 1.29 is 4.79 Å². The predicted molar refractivity (Wildman–Crippen MR) is 119 cm³/mol. The quantitative estimate of drug-likeness (QED) is 0.666. The number of H-pyrrole nitrogens is 1. The molecule has 154 valence electrons. The third kappa shape index (κ3) is 4.39. The minimum Gasteiger partial charge on any atom is -0.351 e. The van der Waals surface area contributed by atoms with E-state index in [-0.39, 0.29) is 5.91 Å². The molecule has 0 spiro atoms. The number of aromatic nitrogens is 1. The summed E-state index contributed by atoms with van der Waals surface area (Å²) in [5.74, 6) is 0.516. The minimum absolute atomic E-state index is 0.0700. The summed E-state index contributed by atoms with van der Waals surface area (Å²) in [5.41, 5.74) is 3.50. The zero-order valence-corrected chi connectivity index (χ0v) is 17.5. The van der Waals surface area contributed by atoms with Crippen molar-refractivity contribution >= 4 is 16.8 Å². The molecule has 0 saturated carbocycles. The van der Waals surface area contributed by atoms with Gasteiger partial charge in [-0.25, -0.2) is 0 Å². The number of amides is 1. The van der Waals surface area contributed by atoms with E-state index < -0.39 is 0 Å². The van der Waals surface area contributed by atoms with Crippen LogP contribution in [0.15, 0.2) is 54.6 Å². The molecule has 5 nitrogen and oxygen atoms in total. The van der Waals surface area contributed by atoms with Gasteiger partial charge in [0.05, 0.1) is 11.6 Å². The van der Waals surface area contributed by atoms with E-state index >= 15 is 0 Å². The molecule has 1 atom stereocenters. The van der Waals surface area contributed by atoms with Crippen molar-refractivity contribution in [2.24, 2.45) is 5.92 Å². The molecule has 1 aliphatic rings. The van der Waals surface area contributed by atoms with Crippen LogP contribution in [0.2, 0.25) is 0 Å². The van der Waals surface area contributed by atoms with Crippen LogP contribution in [0.5, 0.6) is 0 Å². The topological polar surface area (TPSA) is 63.1 Å². The number of carbonyl (C=O) groups is 1. The van der Waals surface area contributed by atoms with Crippen molar-refractivity contribution in [1.82, 2.24) is 14.8 Å². The lowest BCUT2D eigenvalue weighted by atomic mass is 9.96. The number of hydrogen-bond donors (Lipinski definition) is 1. The Morgan fingerprint density at radius 1 is 1.23 bits per heavy atom. The van der Waals surface area contributed by atoms with Crippen LogP contribution < -0.4 is 0 Å². The Balaban J connectivity index is 1.41. The molecule has 1 saturated heterocycles. The van der Waals surface area contributed by atoms with Gasteiger partial charge in [0, 0.05) is 37.1 Å². The smallest absolute Gasteiger partial charge is 0.270 e. The van der Waals surface area contributed by atoms with Gasteiger partial charge < -0.3 is 9.88 Å². The van der Waals surface area contributed by atoms with Crippen molar-refractivity contribution in [3.05, 3.63) is 71.4 Å². The lowest BCUT2D eigenvalue weighted by Crippen LogP contribution is -2.42. The van der Waals surface area contributed by atoms with E-state index in [4.69, 9.17) is 0 Å². The Labute approximate surface area is 177 Å². The number of aromatic amines is 1. The second-order valence-electron chi connectivity index (χ2n) is 8.13. The summed E-state index contributed by atoms with van der Waals surface area (Å²) >= 11 is 0. The van der Waals surface area contributed by atoms with Gasteiger partial charge >= 0.3 is 0 Å². The van der Waals surface area contributed by atoms with Crippen LogP contribution in [0.1, 0.15) is 41.4 Å².